The van der Waals surface area contributed by atoms with Crippen molar-refractivity contribution < 1.29 is 14.6 Å². The number of hydrogen-bond acceptors (Lipinski definition) is 4. The number of H-pyrrole nitrogens is 1. The molecule has 0 spiro atoms. The van der Waals surface area contributed by atoms with E-state index in [-0.39, 0.29) is 11.4 Å². The number of nitrogens with zero attached hydrogens (tertiary/aromatic N) is 1. The third-order valence-corrected chi connectivity index (χ3v) is 7.35. The Balaban J connectivity index is 1.70. The summed E-state index contributed by atoms with van der Waals surface area (Å²) in [4.78, 5) is 18.6. The van der Waals surface area contributed by atoms with E-state index >= 15 is 0 Å². The van der Waals surface area contributed by atoms with Gasteiger partial charge in [-0.3, -0.25) is 0 Å². The van der Waals surface area contributed by atoms with E-state index in [0.717, 1.165) is 57.3 Å². The van der Waals surface area contributed by atoms with Crippen molar-refractivity contribution in [1.82, 2.24) is 9.88 Å². The van der Waals surface area contributed by atoms with Crippen molar-refractivity contribution in [2.24, 2.45) is 5.92 Å². The maximum atomic E-state index is 12.7. The highest BCUT2D eigenvalue weighted by atomic mass is 16.5. The summed E-state index contributed by atoms with van der Waals surface area (Å²) < 4.78 is 5.49. The van der Waals surface area contributed by atoms with Gasteiger partial charge < -0.3 is 19.7 Å². The molecule has 1 aromatic heterocycles. The van der Waals surface area contributed by atoms with Crippen molar-refractivity contribution in [1.29, 1.82) is 0 Å². The van der Waals surface area contributed by atoms with Crippen LogP contribution < -0.4 is 0 Å². The highest BCUT2D eigenvalue weighted by Gasteiger charge is 2.48. The van der Waals surface area contributed by atoms with E-state index in [9.17, 15) is 9.90 Å². The van der Waals surface area contributed by atoms with Crippen molar-refractivity contribution >= 4 is 5.97 Å². The molecule has 0 unspecified atom stereocenters. The molecule has 4 rings (SSSR count). The topological polar surface area (TPSA) is 65.6 Å². The van der Waals surface area contributed by atoms with Crippen LogP contribution in [0.3, 0.4) is 0 Å². The number of esters is 1. The predicted octanol–water partition coefficient (Wildman–Crippen LogP) is 4.36. The highest BCUT2D eigenvalue weighted by Crippen LogP contribution is 2.49. The summed E-state index contributed by atoms with van der Waals surface area (Å²) in [6, 6.07) is 7.80. The number of carbonyl (C=O) groups excluding carboxylic acids is 1. The number of hydrogen-bond donors (Lipinski definition) is 2. The number of rotatable bonds is 6. The number of ether oxygens (including phenoxy) is 1. The minimum absolute atomic E-state index is 0.0158. The van der Waals surface area contributed by atoms with Crippen LogP contribution in [0.2, 0.25) is 0 Å². The molecule has 2 atom stereocenters. The minimum atomic E-state index is -0.236. The minimum Gasteiger partial charge on any atom is -0.508 e. The molecule has 30 heavy (non-hydrogen) atoms. The van der Waals surface area contributed by atoms with Gasteiger partial charge in [0.1, 0.15) is 11.4 Å². The van der Waals surface area contributed by atoms with Gasteiger partial charge in [0.15, 0.2) is 0 Å². The molecule has 1 aromatic carbocycles. The Morgan fingerprint density at radius 2 is 2.20 bits per heavy atom. The lowest BCUT2D eigenvalue weighted by Crippen LogP contribution is -2.53. The van der Waals surface area contributed by atoms with Gasteiger partial charge in [0.25, 0.3) is 0 Å². The summed E-state index contributed by atoms with van der Waals surface area (Å²) in [5.74, 6) is 0.547. The van der Waals surface area contributed by atoms with Gasteiger partial charge in [-0.25, -0.2) is 4.79 Å². The van der Waals surface area contributed by atoms with Gasteiger partial charge in [-0.1, -0.05) is 32.4 Å². The van der Waals surface area contributed by atoms with Gasteiger partial charge in [-0.15, -0.1) is 0 Å². The van der Waals surface area contributed by atoms with Crippen LogP contribution in [-0.4, -0.2) is 47.2 Å². The SMILES string of the molecule is CCCCOC(=O)c1[nH]c2c(c1C)C[C@@H]1CN(CC)CC[C@@]1(c1cccc(O)c1)C2. The molecular weight excluding hydrogens is 376 g/mol. The van der Waals surface area contributed by atoms with Gasteiger partial charge in [0.05, 0.1) is 6.61 Å². The molecule has 162 valence electrons. The summed E-state index contributed by atoms with van der Waals surface area (Å²) >= 11 is 0. The molecule has 5 heteroatoms. The predicted molar refractivity (Wildman–Crippen MR) is 118 cm³/mol. The number of carbonyl (C=O) groups is 1. The van der Waals surface area contributed by atoms with Crippen molar-refractivity contribution in [2.75, 3.05) is 26.2 Å². The molecule has 0 bridgehead atoms. The highest BCUT2D eigenvalue weighted by molar-refractivity contribution is 5.90. The van der Waals surface area contributed by atoms with E-state index < -0.39 is 0 Å². The van der Waals surface area contributed by atoms with E-state index in [1.165, 1.54) is 16.8 Å². The molecule has 1 fully saturated rings. The fourth-order valence-corrected chi connectivity index (χ4v) is 5.49. The maximum absolute atomic E-state index is 12.7. The molecule has 0 radical (unpaired) electrons. The van der Waals surface area contributed by atoms with E-state index in [0.29, 0.717) is 24.0 Å². The number of aromatic nitrogens is 1. The number of nitrogens with one attached hydrogen (secondary N) is 1. The third-order valence-electron chi connectivity index (χ3n) is 7.35. The number of likely N-dealkylation sites (tertiary alicyclic amines) is 1. The average molecular weight is 411 g/mol. The van der Waals surface area contributed by atoms with Crippen LogP contribution in [0.5, 0.6) is 5.75 Å². The Kier molecular flexibility index (Phi) is 5.92. The molecule has 2 aliphatic rings. The zero-order valence-electron chi connectivity index (χ0n) is 18.5. The molecule has 0 amide bonds. The first-order chi connectivity index (χ1) is 14.5. The Morgan fingerprint density at radius 3 is 2.93 bits per heavy atom. The number of piperidine rings is 1. The Hall–Kier alpha value is -2.27. The standard InChI is InChI=1S/C25H34N2O3/c1-4-6-12-30-24(29)23-17(3)21-14-19-16-27(5-2)11-10-25(19,15-22(21)26-23)18-8-7-9-20(28)13-18/h7-9,13,19,26,28H,4-6,10-12,14-16H2,1-3H3/t19-,25+/m1/s1. The second-order valence-electron chi connectivity index (χ2n) is 9.00. The number of aromatic hydroxyl groups is 1. The summed E-state index contributed by atoms with van der Waals surface area (Å²) in [7, 11) is 0. The summed E-state index contributed by atoms with van der Waals surface area (Å²) in [5.41, 5.74) is 5.32. The fourth-order valence-electron chi connectivity index (χ4n) is 5.49. The van der Waals surface area contributed by atoms with Crippen LogP contribution in [-0.2, 0) is 23.0 Å². The molecular formula is C25H34N2O3. The van der Waals surface area contributed by atoms with Gasteiger partial charge in [-0.05, 0) is 80.4 Å². The largest absolute Gasteiger partial charge is 0.508 e. The van der Waals surface area contributed by atoms with Crippen LogP contribution in [0.25, 0.3) is 0 Å². The normalized spacial score (nSPS) is 23.6. The van der Waals surface area contributed by atoms with E-state index in [1.54, 1.807) is 6.07 Å². The summed E-state index contributed by atoms with van der Waals surface area (Å²) in [5, 5.41) is 10.2. The fraction of sp³-hybridized carbons (Fsp3) is 0.560. The zero-order chi connectivity index (χ0) is 21.3. The quantitative estimate of drug-likeness (QED) is 0.548. The molecule has 5 nitrogen and oxygen atoms in total. The molecule has 2 heterocycles. The summed E-state index contributed by atoms with van der Waals surface area (Å²) in [6.45, 7) is 10.0. The number of unbranched alkanes of at least 4 members (excludes halogenated alkanes) is 1. The first-order valence-electron chi connectivity index (χ1n) is 11.4. The van der Waals surface area contributed by atoms with Crippen molar-refractivity contribution in [3.63, 3.8) is 0 Å². The molecule has 2 aromatic rings. The number of phenols is 1. The van der Waals surface area contributed by atoms with Crippen molar-refractivity contribution in [3.8, 4) is 5.75 Å². The van der Waals surface area contributed by atoms with Gasteiger partial charge in [0.2, 0.25) is 0 Å². The van der Waals surface area contributed by atoms with Crippen molar-refractivity contribution in [2.45, 2.75) is 58.3 Å². The first-order valence-corrected chi connectivity index (χ1v) is 11.4. The number of aromatic amines is 1. The lowest BCUT2D eigenvalue weighted by atomic mass is 9.58. The molecule has 1 saturated heterocycles. The second kappa shape index (κ2) is 8.46. The monoisotopic (exact) mass is 410 g/mol. The Morgan fingerprint density at radius 1 is 1.37 bits per heavy atom. The zero-order valence-corrected chi connectivity index (χ0v) is 18.5. The lowest BCUT2D eigenvalue weighted by Gasteiger charge is -2.51. The van der Waals surface area contributed by atoms with Crippen LogP contribution >= 0.6 is 0 Å². The van der Waals surface area contributed by atoms with Crippen molar-refractivity contribution in [3.05, 3.63) is 52.3 Å². The molecule has 0 saturated carbocycles. The third kappa shape index (κ3) is 3.64. The molecule has 1 aliphatic carbocycles. The summed E-state index contributed by atoms with van der Waals surface area (Å²) in [6.07, 6.45) is 4.78. The Labute approximate surface area is 179 Å². The van der Waals surface area contributed by atoms with E-state index in [4.69, 9.17) is 4.74 Å². The molecule has 2 N–H and O–H groups in total. The van der Waals surface area contributed by atoms with Crippen LogP contribution in [0.4, 0.5) is 0 Å². The number of benzene rings is 1. The number of fused-ring (bicyclic) bond motifs is 2. The van der Waals surface area contributed by atoms with Crippen LogP contribution in [0, 0.1) is 12.8 Å². The van der Waals surface area contributed by atoms with E-state index in [2.05, 4.69) is 29.8 Å². The number of phenolic OH excluding ortho intramolecular Hbond substituents is 1. The lowest BCUT2D eigenvalue weighted by molar-refractivity contribution is 0.0492. The van der Waals surface area contributed by atoms with Crippen LogP contribution in [0.15, 0.2) is 24.3 Å². The smallest absolute Gasteiger partial charge is 0.355 e. The Bertz CT molecular complexity index is 919. The second-order valence-corrected chi connectivity index (χ2v) is 9.00. The van der Waals surface area contributed by atoms with Gasteiger partial charge in [0, 0.05) is 17.7 Å². The van der Waals surface area contributed by atoms with Gasteiger partial charge in [-0.2, -0.15) is 0 Å². The average Bonchev–Trinajstić information content (AvgIpc) is 3.07. The first kappa shape index (κ1) is 21.0. The van der Waals surface area contributed by atoms with Crippen LogP contribution in [0.1, 0.15) is 66.0 Å². The van der Waals surface area contributed by atoms with Gasteiger partial charge >= 0.3 is 5.97 Å². The maximum Gasteiger partial charge on any atom is 0.355 e. The molecule has 1 aliphatic heterocycles. The van der Waals surface area contributed by atoms with E-state index in [1.807, 2.05) is 19.1 Å².